The van der Waals surface area contributed by atoms with Gasteiger partial charge in [0, 0.05) is 58.1 Å². The topological polar surface area (TPSA) is 198 Å². The fourth-order valence-corrected chi connectivity index (χ4v) is 10.2. The maximum atomic E-state index is 14.6. The third-order valence-corrected chi connectivity index (χ3v) is 13.6. The number of ether oxygens (including phenoxy) is 7. The van der Waals surface area contributed by atoms with Gasteiger partial charge in [-0.05, 0) is 94.2 Å². The molecule has 0 aliphatic carbocycles. The molecule has 4 aliphatic heterocycles. The summed E-state index contributed by atoms with van der Waals surface area (Å²) in [5.74, 6) is -2.69. The van der Waals surface area contributed by atoms with Crippen molar-refractivity contribution in [1.82, 2.24) is 15.1 Å². The summed E-state index contributed by atoms with van der Waals surface area (Å²) in [5, 5.41) is 50.8. The van der Waals surface area contributed by atoms with Crippen LogP contribution in [0.3, 0.4) is 0 Å². The summed E-state index contributed by atoms with van der Waals surface area (Å²) in [6.45, 7) is 21.1. The zero-order chi connectivity index (χ0) is 44.4. The number of aliphatic hydroxyl groups is 4. The van der Waals surface area contributed by atoms with Gasteiger partial charge in [0.1, 0.15) is 30.0 Å². The molecule has 4 fully saturated rings. The van der Waals surface area contributed by atoms with E-state index in [2.05, 4.69) is 17.1 Å². The average molecular weight is 846 g/mol. The van der Waals surface area contributed by atoms with Crippen LogP contribution in [0.1, 0.15) is 108 Å². The molecule has 5 N–H and O–H groups in total. The van der Waals surface area contributed by atoms with Crippen LogP contribution >= 0.6 is 0 Å². The maximum absolute atomic E-state index is 14.6. The van der Waals surface area contributed by atoms with E-state index in [0.29, 0.717) is 32.5 Å². The summed E-state index contributed by atoms with van der Waals surface area (Å²) in [5.41, 5.74) is -4.24. The Hall–Kier alpha value is -1.54. The molecule has 20 atom stereocenters. The van der Waals surface area contributed by atoms with Crippen molar-refractivity contribution >= 4 is 11.9 Å². The first-order valence-corrected chi connectivity index (χ1v) is 21.8. The highest BCUT2D eigenvalue weighted by molar-refractivity contribution is 5.73. The Balaban J connectivity index is 1.83. The molecule has 4 aliphatic rings. The van der Waals surface area contributed by atoms with E-state index in [4.69, 9.17) is 33.2 Å². The molecule has 16 nitrogen and oxygen atoms in total. The molecule has 0 saturated carbocycles. The lowest BCUT2D eigenvalue weighted by Crippen LogP contribution is -2.65. The Morgan fingerprint density at radius 1 is 0.983 bits per heavy atom. The van der Waals surface area contributed by atoms with Gasteiger partial charge in [-0.1, -0.05) is 20.8 Å². The fraction of sp³-hybridized carbons (Fsp3) is 0.953. The van der Waals surface area contributed by atoms with Gasteiger partial charge in [-0.25, -0.2) is 0 Å². The normalized spacial score (nSPS) is 48.1. The van der Waals surface area contributed by atoms with E-state index >= 15 is 0 Å². The molecular weight excluding hydrogens is 766 g/mol. The third-order valence-electron chi connectivity index (χ3n) is 13.6. The molecule has 4 heterocycles. The quantitative estimate of drug-likeness (QED) is 0.201. The van der Waals surface area contributed by atoms with Crippen molar-refractivity contribution in [1.29, 1.82) is 0 Å². The predicted molar refractivity (Wildman–Crippen MR) is 219 cm³/mol. The molecule has 1 amide bonds. The summed E-state index contributed by atoms with van der Waals surface area (Å²) in [6.07, 6.45) is -7.48. The van der Waals surface area contributed by atoms with Gasteiger partial charge in [0.05, 0.1) is 47.6 Å². The van der Waals surface area contributed by atoms with E-state index in [-0.39, 0.29) is 55.4 Å². The lowest BCUT2D eigenvalue weighted by Gasteiger charge is -2.50. The van der Waals surface area contributed by atoms with Crippen LogP contribution in [0, 0.1) is 17.8 Å². The monoisotopic (exact) mass is 846 g/mol. The minimum absolute atomic E-state index is 0.133. The number of rotatable bonds is 10. The molecule has 16 heteroatoms. The second-order valence-electron chi connectivity index (χ2n) is 19.2. The maximum Gasteiger partial charge on any atom is 0.311 e. The van der Waals surface area contributed by atoms with Crippen LogP contribution in [0.2, 0.25) is 0 Å². The number of methoxy groups -OCH3 is 1. The van der Waals surface area contributed by atoms with Gasteiger partial charge in [-0.3, -0.25) is 14.5 Å². The zero-order valence-corrected chi connectivity index (χ0v) is 38.3. The second-order valence-corrected chi connectivity index (χ2v) is 19.2. The van der Waals surface area contributed by atoms with Gasteiger partial charge in [-0.2, -0.15) is 0 Å². The largest absolute Gasteiger partial charge is 0.459 e. The lowest BCUT2D eigenvalue weighted by atomic mass is 9.77. The highest BCUT2D eigenvalue weighted by atomic mass is 16.7. The number of hydrogen-bond donors (Lipinski definition) is 5. The van der Waals surface area contributed by atoms with Crippen molar-refractivity contribution < 1.29 is 63.2 Å². The number of fused-ring (bicyclic) bond motifs is 2. The first-order valence-electron chi connectivity index (χ1n) is 21.8. The number of morpholine rings is 1. The molecule has 4 rings (SSSR count). The first-order chi connectivity index (χ1) is 27.4. The fourth-order valence-electron chi connectivity index (χ4n) is 10.2. The number of carbonyl (C=O) groups excluding carboxylic acids is 2. The Bertz CT molecular complexity index is 1370. The van der Waals surface area contributed by atoms with Crippen molar-refractivity contribution in [3.63, 3.8) is 0 Å². The van der Waals surface area contributed by atoms with Gasteiger partial charge in [0.2, 0.25) is 5.91 Å². The van der Waals surface area contributed by atoms with Gasteiger partial charge in [0.25, 0.3) is 0 Å². The zero-order valence-electron chi connectivity index (χ0n) is 38.3. The van der Waals surface area contributed by atoms with Crippen molar-refractivity contribution in [2.24, 2.45) is 17.8 Å². The van der Waals surface area contributed by atoms with Crippen molar-refractivity contribution in [2.75, 3.05) is 40.8 Å². The Morgan fingerprint density at radius 3 is 2.24 bits per heavy atom. The molecule has 2 bridgehead atoms. The standard InChI is InChI=1S/C43H79N3O13/c1-15-32-43(11,52)38-27(6)46(22-30(56-38)16-17-44-29(8)47)21-23(2)19-41(9,51)37(59-40-34(48)31(45(12)13)18-24(3)54-40)25(4)35(26(5)39(50)57-32)58-33-20-42(10,53-14)36(49)28(7)55-33/h23-28,30-38,40,48-49,51-52H,15-22H2,1-14H3,(H,44,47)/t23-,24-,25+,26-,27-,28+,30-,31+,32-,33+,34-,35+,36+,37-,38-,40+,41-,42-,43-/m1/s1. The van der Waals surface area contributed by atoms with Crippen molar-refractivity contribution in [2.45, 2.75) is 205 Å². The SMILES string of the molecule is CC[C@H]1OC(=O)[C@H](C)[C@@H](O[C@H]2C[C@@](C)(OC)[C@@H](O)[C@H](C)O2)[C@H](C)[C@@H](O[C@@H]2O[C@H](C)C[C@H](N(C)C)[C@H]2O)[C@](C)(O)C[C@@H](C)CN2C[C@@H](CCNC(C)=O)O[C@H]([C@H]2C)[C@]1(C)O. The molecule has 0 aromatic rings. The Labute approximate surface area is 352 Å². The van der Waals surface area contributed by atoms with E-state index in [1.165, 1.54) is 14.0 Å². The molecule has 1 unspecified atom stereocenters. The van der Waals surface area contributed by atoms with Gasteiger partial charge < -0.3 is 63.8 Å². The highest BCUT2D eigenvalue weighted by Crippen LogP contribution is 2.41. The smallest absolute Gasteiger partial charge is 0.311 e. The average Bonchev–Trinajstić information content (AvgIpc) is 3.14. The van der Waals surface area contributed by atoms with E-state index in [9.17, 15) is 30.0 Å². The molecule has 344 valence electrons. The van der Waals surface area contributed by atoms with Gasteiger partial charge in [-0.15, -0.1) is 0 Å². The number of aliphatic hydroxyl groups excluding tert-OH is 2. The number of hydrogen-bond acceptors (Lipinski definition) is 15. The van der Waals surface area contributed by atoms with Gasteiger partial charge >= 0.3 is 5.97 Å². The number of amides is 1. The minimum Gasteiger partial charge on any atom is -0.459 e. The van der Waals surface area contributed by atoms with Crippen LogP contribution in [0.5, 0.6) is 0 Å². The summed E-state index contributed by atoms with van der Waals surface area (Å²) in [6, 6.07) is -0.604. The van der Waals surface area contributed by atoms with E-state index < -0.39 is 89.9 Å². The van der Waals surface area contributed by atoms with Crippen LogP contribution in [0.15, 0.2) is 0 Å². The number of nitrogens with one attached hydrogen (secondary N) is 1. The summed E-state index contributed by atoms with van der Waals surface area (Å²) in [4.78, 5) is 30.5. The lowest BCUT2D eigenvalue weighted by molar-refractivity contribution is -0.318. The van der Waals surface area contributed by atoms with Crippen LogP contribution in [-0.4, -0.2) is 179 Å². The number of nitrogens with zero attached hydrogens (tertiary/aromatic N) is 2. The van der Waals surface area contributed by atoms with E-state index in [1.807, 2.05) is 46.7 Å². The number of likely N-dealkylation sites (N-methyl/N-ethyl adjacent to an activating group) is 1. The van der Waals surface area contributed by atoms with Crippen LogP contribution in [-0.2, 0) is 42.7 Å². The van der Waals surface area contributed by atoms with Crippen molar-refractivity contribution in [3.05, 3.63) is 0 Å². The number of carbonyl (C=O) groups is 2. The van der Waals surface area contributed by atoms with Crippen LogP contribution < -0.4 is 5.32 Å². The Kier molecular flexibility index (Phi) is 17.3. The summed E-state index contributed by atoms with van der Waals surface area (Å²) < 4.78 is 44.8. The van der Waals surface area contributed by atoms with E-state index in [1.54, 1.807) is 34.6 Å². The highest BCUT2D eigenvalue weighted by Gasteiger charge is 2.54. The second kappa shape index (κ2) is 20.3. The van der Waals surface area contributed by atoms with Gasteiger partial charge in [0.15, 0.2) is 12.6 Å². The molecule has 4 saturated heterocycles. The van der Waals surface area contributed by atoms with Crippen molar-refractivity contribution in [3.8, 4) is 0 Å². The molecule has 0 radical (unpaired) electrons. The minimum atomic E-state index is -1.64. The molecule has 0 aromatic carbocycles. The third kappa shape index (κ3) is 11.7. The molecular formula is C43H79N3O13. The number of esters is 1. The van der Waals surface area contributed by atoms with Crippen LogP contribution in [0.4, 0.5) is 0 Å². The van der Waals surface area contributed by atoms with Crippen LogP contribution in [0.25, 0.3) is 0 Å². The first kappa shape index (κ1) is 50.1. The Morgan fingerprint density at radius 2 is 1.64 bits per heavy atom. The predicted octanol–water partition coefficient (Wildman–Crippen LogP) is 2.20. The molecule has 59 heavy (non-hydrogen) atoms. The molecule has 0 spiro atoms. The molecule has 0 aromatic heterocycles. The summed E-state index contributed by atoms with van der Waals surface area (Å²) >= 11 is 0. The van der Waals surface area contributed by atoms with E-state index in [0.717, 1.165) is 0 Å². The number of cyclic esters (lactones) is 1. The summed E-state index contributed by atoms with van der Waals surface area (Å²) in [7, 11) is 5.30.